The van der Waals surface area contributed by atoms with Crippen LogP contribution in [0.2, 0.25) is 0 Å². The molecule has 3 heteroatoms. The SMILES string of the molecule is O=C(O)C1=CN=C2CC=CC=C12. The minimum Gasteiger partial charge on any atom is -0.478 e. The van der Waals surface area contributed by atoms with Gasteiger partial charge in [0.05, 0.1) is 11.3 Å². The normalized spacial score (nSPS) is 19.5. The molecular formula is C9H7NO2. The zero-order valence-corrected chi connectivity index (χ0v) is 6.32. The number of rotatable bonds is 1. The molecule has 2 rings (SSSR count). The summed E-state index contributed by atoms with van der Waals surface area (Å²) in [5.41, 5.74) is 1.91. The first-order valence-electron chi connectivity index (χ1n) is 3.67. The van der Waals surface area contributed by atoms with E-state index in [4.69, 9.17) is 5.11 Å². The predicted molar refractivity (Wildman–Crippen MR) is 45.0 cm³/mol. The van der Waals surface area contributed by atoms with Gasteiger partial charge in [0.2, 0.25) is 0 Å². The van der Waals surface area contributed by atoms with E-state index in [1.165, 1.54) is 6.20 Å². The molecule has 1 heterocycles. The summed E-state index contributed by atoms with van der Waals surface area (Å²) in [6.07, 6.45) is 7.75. The van der Waals surface area contributed by atoms with Gasteiger partial charge in [-0.2, -0.15) is 0 Å². The second-order valence-electron chi connectivity index (χ2n) is 2.64. The molecule has 0 saturated carbocycles. The highest BCUT2D eigenvalue weighted by atomic mass is 16.4. The Hall–Kier alpha value is -1.64. The molecule has 0 spiro atoms. The van der Waals surface area contributed by atoms with Gasteiger partial charge in [0.1, 0.15) is 0 Å². The minimum atomic E-state index is -0.907. The molecule has 3 nitrogen and oxygen atoms in total. The van der Waals surface area contributed by atoms with Crippen molar-refractivity contribution in [3.05, 3.63) is 35.6 Å². The third kappa shape index (κ3) is 0.906. The van der Waals surface area contributed by atoms with E-state index in [0.717, 1.165) is 17.7 Å². The summed E-state index contributed by atoms with van der Waals surface area (Å²) < 4.78 is 0. The first kappa shape index (κ1) is 7.03. The van der Waals surface area contributed by atoms with Crippen molar-refractivity contribution in [1.29, 1.82) is 0 Å². The smallest absolute Gasteiger partial charge is 0.337 e. The highest BCUT2D eigenvalue weighted by molar-refractivity contribution is 6.15. The second-order valence-corrected chi connectivity index (χ2v) is 2.64. The lowest BCUT2D eigenvalue weighted by molar-refractivity contribution is -0.132. The number of fused-ring (bicyclic) bond motifs is 1. The number of carboxylic acid groups (broad SMARTS) is 1. The van der Waals surface area contributed by atoms with E-state index >= 15 is 0 Å². The monoisotopic (exact) mass is 161 g/mol. The molecular weight excluding hydrogens is 154 g/mol. The van der Waals surface area contributed by atoms with Gasteiger partial charge in [0, 0.05) is 18.2 Å². The highest BCUT2D eigenvalue weighted by Crippen LogP contribution is 2.23. The maximum Gasteiger partial charge on any atom is 0.337 e. The van der Waals surface area contributed by atoms with Crippen LogP contribution < -0.4 is 0 Å². The van der Waals surface area contributed by atoms with Crippen LogP contribution in [-0.2, 0) is 4.79 Å². The highest BCUT2D eigenvalue weighted by Gasteiger charge is 2.22. The number of aliphatic imine (C=N–C) groups is 1. The molecule has 0 radical (unpaired) electrons. The Morgan fingerprint density at radius 2 is 2.42 bits per heavy atom. The number of hydrogen-bond acceptors (Lipinski definition) is 2. The number of nitrogens with zero attached hydrogens (tertiary/aromatic N) is 1. The van der Waals surface area contributed by atoms with Gasteiger partial charge in [-0.05, 0) is 0 Å². The third-order valence-corrected chi connectivity index (χ3v) is 1.89. The van der Waals surface area contributed by atoms with Crippen molar-refractivity contribution in [2.75, 3.05) is 0 Å². The maximum absolute atomic E-state index is 10.6. The van der Waals surface area contributed by atoms with E-state index in [0.29, 0.717) is 5.57 Å². The lowest BCUT2D eigenvalue weighted by atomic mass is 9.98. The molecule has 0 atom stereocenters. The third-order valence-electron chi connectivity index (χ3n) is 1.89. The molecule has 2 aliphatic rings. The Labute approximate surface area is 69.4 Å². The van der Waals surface area contributed by atoms with Gasteiger partial charge in [0.15, 0.2) is 0 Å². The molecule has 1 aliphatic carbocycles. The zero-order valence-electron chi connectivity index (χ0n) is 6.32. The van der Waals surface area contributed by atoms with E-state index in [-0.39, 0.29) is 0 Å². The van der Waals surface area contributed by atoms with E-state index < -0.39 is 5.97 Å². The molecule has 1 aliphatic heterocycles. The van der Waals surface area contributed by atoms with Crippen LogP contribution in [-0.4, -0.2) is 16.8 Å². The van der Waals surface area contributed by atoms with Gasteiger partial charge in [-0.15, -0.1) is 0 Å². The Bertz CT molecular complexity index is 359. The quantitative estimate of drug-likeness (QED) is 0.630. The van der Waals surface area contributed by atoms with Crippen molar-refractivity contribution >= 4 is 11.7 Å². The number of hydrogen-bond donors (Lipinski definition) is 1. The van der Waals surface area contributed by atoms with Crippen LogP contribution in [0.15, 0.2) is 40.6 Å². The van der Waals surface area contributed by atoms with Crippen molar-refractivity contribution in [2.24, 2.45) is 4.99 Å². The summed E-state index contributed by atoms with van der Waals surface area (Å²) in [6.45, 7) is 0. The van der Waals surface area contributed by atoms with Crippen molar-refractivity contribution in [3.63, 3.8) is 0 Å². The largest absolute Gasteiger partial charge is 0.478 e. The van der Waals surface area contributed by atoms with Gasteiger partial charge in [0.25, 0.3) is 0 Å². The van der Waals surface area contributed by atoms with Gasteiger partial charge in [-0.25, -0.2) is 4.79 Å². The molecule has 0 aromatic rings. The number of carbonyl (C=O) groups is 1. The molecule has 0 aromatic heterocycles. The summed E-state index contributed by atoms with van der Waals surface area (Å²) in [6, 6.07) is 0. The van der Waals surface area contributed by atoms with Crippen LogP contribution in [0.4, 0.5) is 0 Å². The molecule has 60 valence electrons. The summed E-state index contributed by atoms with van der Waals surface area (Å²) in [7, 11) is 0. The molecule has 0 amide bonds. The summed E-state index contributed by atoms with van der Waals surface area (Å²) in [5, 5.41) is 8.75. The van der Waals surface area contributed by atoms with E-state index in [1.807, 2.05) is 12.2 Å². The summed E-state index contributed by atoms with van der Waals surface area (Å²) in [5.74, 6) is -0.907. The number of allylic oxidation sites excluding steroid dienone is 3. The minimum absolute atomic E-state index is 0.300. The molecule has 12 heavy (non-hydrogen) atoms. The van der Waals surface area contributed by atoms with Crippen molar-refractivity contribution in [2.45, 2.75) is 6.42 Å². The Morgan fingerprint density at radius 1 is 1.58 bits per heavy atom. The average Bonchev–Trinajstić information content (AvgIpc) is 2.47. The first-order valence-corrected chi connectivity index (χ1v) is 3.67. The van der Waals surface area contributed by atoms with Gasteiger partial charge in [-0.3, -0.25) is 4.99 Å². The number of carboxylic acids is 1. The first-order chi connectivity index (χ1) is 5.79. The van der Waals surface area contributed by atoms with Gasteiger partial charge in [-0.1, -0.05) is 18.2 Å². The van der Waals surface area contributed by atoms with E-state index in [2.05, 4.69) is 4.99 Å². The lowest BCUT2D eigenvalue weighted by Gasteiger charge is -2.05. The van der Waals surface area contributed by atoms with Crippen molar-refractivity contribution in [1.82, 2.24) is 0 Å². The topological polar surface area (TPSA) is 49.7 Å². The van der Waals surface area contributed by atoms with Crippen LogP contribution in [0, 0.1) is 0 Å². The van der Waals surface area contributed by atoms with Gasteiger partial charge >= 0.3 is 5.97 Å². The predicted octanol–water partition coefficient (Wildman–Crippen LogP) is 1.30. The number of aliphatic carboxylic acids is 1. The second kappa shape index (κ2) is 2.44. The van der Waals surface area contributed by atoms with Crippen LogP contribution in [0.5, 0.6) is 0 Å². The fourth-order valence-electron chi connectivity index (χ4n) is 1.30. The molecule has 0 bridgehead atoms. The zero-order chi connectivity index (χ0) is 8.55. The van der Waals surface area contributed by atoms with Crippen LogP contribution in [0.25, 0.3) is 0 Å². The van der Waals surface area contributed by atoms with E-state index in [1.54, 1.807) is 6.08 Å². The van der Waals surface area contributed by atoms with E-state index in [9.17, 15) is 4.79 Å². The van der Waals surface area contributed by atoms with Crippen LogP contribution >= 0.6 is 0 Å². The molecule has 0 saturated heterocycles. The summed E-state index contributed by atoms with van der Waals surface area (Å²) >= 11 is 0. The Morgan fingerprint density at radius 3 is 3.17 bits per heavy atom. The lowest BCUT2D eigenvalue weighted by Crippen LogP contribution is -2.08. The van der Waals surface area contributed by atoms with Crippen molar-refractivity contribution < 1.29 is 9.90 Å². The van der Waals surface area contributed by atoms with Crippen molar-refractivity contribution in [3.8, 4) is 0 Å². The molecule has 1 N–H and O–H groups in total. The Balaban J connectivity index is 2.40. The fraction of sp³-hybridized carbons (Fsp3) is 0.111. The molecule has 0 unspecified atom stereocenters. The average molecular weight is 161 g/mol. The molecule has 0 aromatic carbocycles. The standard InChI is InChI=1S/C9H7NO2/c11-9(12)7-5-10-8-4-2-1-3-6(7)8/h1-3,5H,4H2,(H,11,12). The van der Waals surface area contributed by atoms with Crippen LogP contribution in [0.3, 0.4) is 0 Å². The van der Waals surface area contributed by atoms with Crippen LogP contribution in [0.1, 0.15) is 6.42 Å². The molecule has 0 fully saturated rings. The Kier molecular flexibility index (Phi) is 1.43. The van der Waals surface area contributed by atoms with Gasteiger partial charge < -0.3 is 5.11 Å². The maximum atomic E-state index is 10.6. The fourth-order valence-corrected chi connectivity index (χ4v) is 1.30. The summed E-state index contributed by atoms with van der Waals surface area (Å²) in [4.78, 5) is 14.7.